The van der Waals surface area contributed by atoms with Crippen molar-refractivity contribution < 1.29 is 17.6 Å². The number of piperazine rings is 1. The lowest BCUT2D eigenvalue weighted by Gasteiger charge is -2.36. The SMILES string of the molecule is C[C@@H](CCNC(=O)c1cc(S(N)(=O)=O)ccc1F)N1CCN(C)CC1. The van der Waals surface area contributed by atoms with Crippen LogP contribution in [0.1, 0.15) is 23.7 Å². The van der Waals surface area contributed by atoms with E-state index in [1.165, 1.54) is 0 Å². The van der Waals surface area contributed by atoms with Crippen molar-refractivity contribution in [3.05, 3.63) is 29.6 Å². The number of hydrogen-bond donors (Lipinski definition) is 2. The molecule has 0 spiro atoms. The van der Waals surface area contributed by atoms with Gasteiger partial charge in [0.2, 0.25) is 10.0 Å². The van der Waals surface area contributed by atoms with Crippen LogP contribution in [0.5, 0.6) is 0 Å². The molecule has 140 valence electrons. The van der Waals surface area contributed by atoms with E-state index in [2.05, 4.69) is 29.1 Å². The number of amides is 1. The van der Waals surface area contributed by atoms with Gasteiger partial charge in [-0.2, -0.15) is 0 Å². The van der Waals surface area contributed by atoms with Gasteiger partial charge in [0.05, 0.1) is 10.5 Å². The quantitative estimate of drug-likeness (QED) is 0.745. The van der Waals surface area contributed by atoms with Crippen molar-refractivity contribution in [1.29, 1.82) is 0 Å². The third-order valence-electron chi connectivity index (χ3n) is 4.52. The van der Waals surface area contributed by atoms with Crippen LogP contribution in [-0.2, 0) is 10.0 Å². The molecule has 9 heteroatoms. The maximum atomic E-state index is 13.8. The molecule has 25 heavy (non-hydrogen) atoms. The molecule has 1 aliphatic heterocycles. The van der Waals surface area contributed by atoms with E-state index < -0.39 is 21.7 Å². The minimum absolute atomic E-state index is 0.287. The smallest absolute Gasteiger partial charge is 0.254 e. The molecule has 1 aromatic carbocycles. The van der Waals surface area contributed by atoms with Gasteiger partial charge in [-0.1, -0.05) is 0 Å². The van der Waals surface area contributed by atoms with E-state index in [-0.39, 0.29) is 10.5 Å². The molecule has 1 atom stereocenters. The van der Waals surface area contributed by atoms with E-state index >= 15 is 0 Å². The van der Waals surface area contributed by atoms with Crippen molar-refractivity contribution in [2.24, 2.45) is 5.14 Å². The van der Waals surface area contributed by atoms with Gasteiger partial charge in [0.1, 0.15) is 5.82 Å². The fourth-order valence-electron chi connectivity index (χ4n) is 2.79. The van der Waals surface area contributed by atoms with Gasteiger partial charge in [0.25, 0.3) is 5.91 Å². The highest BCUT2D eigenvalue weighted by molar-refractivity contribution is 7.89. The molecule has 2 rings (SSSR count). The normalized spacial score (nSPS) is 18.1. The Hall–Kier alpha value is -1.55. The Morgan fingerprint density at radius 3 is 2.56 bits per heavy atom. The van der Waals surface area contributed by atoms with Gasteiger partial charge in [0, 0.05) is 38.8 Å². The first kappa shape index (κ1) is 19.8. The number of nitrogens with zero attached hydrogens (tertiary/aromatic N) is 2. The Balaban J connectivity index is 1.90. The van der Waals surface area contributed by atoms with Crippen molar-refractivity contribution in [1.82, 2.24) is 15.1 Å². The molecule has 1 aromatic rings. The number of hydrogen-bond acceptors (Lipinski definition) is 5. The molecular weight excluding hydrogens is 347 g/mol. The summed E-state index contributed by atoms with van der Waals surface area (Å²) in [6.07, 6.45) is 0.728. The molecule has 7 nitrogen and oxygen atoms in total. The zero-order valence-corrected chi connectivity index (χ0v) is 15.4. The van der Waals surface area contributed by atoms with Crippen molar-refractivity contribution in [3.8, 4) is 0 Å². The molecule has 1 amide bonds. The molecule has 0 aromatic heterocycles. The number of carbonyl (C=O) groups excluding carboxylic acids is 1. The predicted molar refractivity (Wildman–Crippen MR) is 93.3 cm³/mol. The first-order valence-corrected chi connectivity index (χ1v) is 9.76. The Morgan fingerprint density at radius 2 is 1.96 bits per heavy atom. The van der Waals surface area contributed by atoms with Gasteiger partial charge in [-0.25, -0.2) is 17.9 Å². The van der Waals surface area contributed by atoms with Crippen LogP contribution in [0.3, 0.4) is 0 Å². The van der Waals surface area contributed by atoms with Crippen LogP contribution in [0.15, 0.2) is 23.1 Å². The summed E-state index contributed by atoms with van der Waals surface area (Å²) in [5.74, 6) is -1.43. The number of halogens is 1. The van der Waals surface area contributed by atoms with Gasteiger partial charge in [0.15, 0.2) is 0 Å². The molecular formula is C16H25FN4O3S. The second-order valence-electron chi connectivity index (χ2n) is 6.42. The van der Waals surface area contributed by atoms with E-state index in [9.17, 15) is 17.6 Å². The van der Waals surface area contributed by atoms with Crippen LogP contribution < -0.4 is 10.5 Å². The number of benzene rings is 1. The van der Waals surface area contributed by atoms with Gasteiger partial charge in [-0.15, -0.1) is 0 Å². The summed E-state index contributed by atoms with van der Waals surface area (Å²) in [5, 5.41) is 7.66. The summed E-state index contributed by atoms with van der Waals surface area (Å²) >= 11 is 0. The highest BCUT2D eigenvalue weighted by Crippen LogP contribution is 2.14. The summed E-state index contributed by atoms with van der Waals surface area (Å²) in [7, 11) is -1.90. The summed E-state index contributed by atoms with van der Waals surface area (Å²) < 4.78 is 36.5. The first-order chi connectivity index (χ1) is 11.7. The zero-order chi connectivity index (χ0) is 18.6. The van der Waals surface area contributed by atoms with Gasteiger partial charge in [-0.05, 0) is 38.6 Å². The van der Waals surface area contributed by atoms with E-state index in [4.69, 9.17) is 5.14 Å². The van der Waals surface area contributed by atoms with Crippen molar-refractivity contribution in [2.45, 2.75) is 24.3 Å². The molecule has 0 bridgehead atoms. The van der Waals surface area contributed by atoms with Crippen LogP contribution >= 0.6 is 0 Å². The van der Waals surface area contributed by atoms with Crippen molar-refractivity contribution in [2.75, 3.05) is 39.8 Å². The minimum Gasteiger partial charge on any atom is -0.352 e. The van der Waals surface area contributed by atoms with Crippen LogP contribution in [0.2, 0.25) is 0 Å². The van der Waals surface area contributed by atoms with E-state index in [1.54, 1.807) is 0 Å². The summed E-state index contributed by atoms with van der Waals surface area (Å²) in [6, 6.07) is 3.23. The fourth-order valence-corrected chi connectivity index (χ4v) is 3.33. The van der Waals surface area contributed by atoms with E-state index in [0.29, 0.717) is 12.6 Å². The average molecular weight is 372 g/mol. The lowest BCUT2D eigenvalue weighted by atomic mass is 10.1. The average Bonchev–Trinajstić information content (AvgIpc) is 2.54. The number of primary sulfonamides is 1. The van der Waals surface area contributed by atoms with E-state index in [0.717, 1.165) is 50.8 Å². The molecule has 0 radical (unpaired) electrons. The monoisotopic (exact) mass is 372 g/mol. The molecule has 1 heterocycles. The molecule has 3 N–H and O–H groups in total. The standard InChI is InChI=1S/C16H25FN4O3S/c1-12(21-9-7-20(2)8-10-21)5-6-19-16(22)14-11-13(25(18,23)24)3-4-15(14)17/h3-4,11-12H,5-10H2,1-2H3,(H,19,22)(H2,18,23,24)/t12-/m0/s1. The van der Waals surface area contributed by atoms with Crippen molar-refractivity contribution >= 4 is 15.9 Å². The lowest BCUT2D eigenvalue weighted by Crippen LogP contribution is -2.48. The minimum atomic E-state index is -3.99. The van der Waals surface area contributed by atoms with Gasteiger partial charge < -0.3 is 10.2 Å². The maximum absolute atomic E-state index is 13.8. The Kier molecular flexibility index (Phi) is 6.50. The molecule has 0 saturated carbocycles. The largest absolute Gasteiger partial charge is 0.352 e. The van der Waals surface area contributed by atoms with Crippen LogP contribution in [-0.4, -0.2) is 69.9 Å². The summed E-state index contributed by atoms with van der Waals surface area (Å²) in [5.41, 5.74) is -0.321. The van der Waals surface area contributed by atoms with Crippen molar-refractivity contribution in [3.63, 3.8) is 0 Å². The number of nitrogens with two attached hydrogens (primary N) is 1. The number of rotatable bonds is 6. The molecule has 0 aliphatic carbocycles. The molecule has 0 unspecified atom stereocenters. The molecule has 1 fully saturated rings. The third-order valence-corrected chi connectivity index (χ3v) is 5.43. The number of likely N-dealkylation sites (N-methyl/N-ethyl adjacent to an activating group) is 1. The topological polar surface area (TPSA) is 95.7 Å². The summed E-state index contributed by atoms with van der Waals surface area (Å²) in [6.45, 7) is 6.48. The second-order valence-corrected chi connectivity index (χ2v) is 7.98. The van der Waals surface area contributed by atoms with Crippen LogP contribution in [0.25, 0.3) is 0 Å². The first-order valence-electron chi connectivity index (χ1n) is 8.21. The lowest BCUT2D eigenvalue weighted by molar-refractivity contribution is 0.0931. The second kappa shape index (κ2) is 8.22. The Labute approximate surface area is 148 Å². The maximum Gasteiger partial charge on any atom is 0.254 e. The molecule has 1 saturated heterocycles. The van der Waals surface area contributed by atoms with E-state index in [1.807, 2.05) is 0 Å². The third kappa shape index (κ3) is 5.46. The predicted octanol–water partition coefficient (Wildman–Crippen LogP) is 0.229. The highest BCUT2D eigenvalue weighted by Gasteiger charge is 2.20. The molecule has 1 aliphatic rings. The number of carbonyl (C=O) groups is 1. The number of sulfonamides is 1. The highest BCUT2D eigenvalue weighted by atomic mass is 32.2. The van der Waals surface area contributed by atoms with Crippen LogP contribution in [0.4, 0.5) is 4.39 Å². The summed E-state index contributed by atoms with van der Waals surface area (Å²) in [4.78, 5) is 16.5. The van der Waals surface area contributed by atoms with Crippen LogP contribution in [0, 0.1) is 5.82 Å². The van der Waals surface area contributed by atoms with Gasteiger partial charge >= 0.3 is 0 Å². The number of nitrogens with one attached hydrogen (secondary N) is 1. The Morgan fingerprint density at radius 1 is 1.32 bits per heavy atom. The fraction of sp³-hybridized carbons (Fsp3) is 0.562. The Bertz CT molecular complexity index is 718. The van der Waals surface area contributed by atoms with Gasteiger partial charge in [-0.3, -0.25) is 9.69 Å². The zero-order valence-electron chi connectivity index (χ0n) is 14.5.